The first kappa shape index (κ1) is 12.9. The predicted molar refractivity (Wildman–Crippen MR) is 77.6 cm³/mol. The lowest BCUT2D eigenvalue weighted by molar-refractivity contribution is 0.795. The second-order valence-electron chi connectivity index (χ2n) is 4.29. The predicted octanol–water partition coefficient (Wildman–Crippen LogP) is 4.82. The summed E-state index contributed by atoms with van der Waals surface area (Å²) in [6, 6.07) is 12.2. The van der Waals surface area contributed by atoms with Crippen molar-refractivity contribution < 1.29 is 0 Å². The molecule has 0 aliphatic rings. The minimum absolute atomic E-state index is 0.500. The quantitative estimate of drug-likeness (QED) is 0.780. The average molecular weight is 261 g/mol. The van der Waals surface area contributed by atoms with Crippen LogP contribution in [0.3, 0.4) is 0 Å². The first-order valence-corrected chi connectivity index (χ1v) is 6.63. The zero-order valence-electron chi connectivity index (χ0n) is 10.5. The van der Waals surface area contributed by atoms with Gasteiger partial charge in [-0.3, -0.25) is 0 Å². The minimum Gasteiger partial charge on any atom is -0.355 e. The van der Waals surface area contributed by atoms with Gasteiger partial charge < -0.3 is 5.32 Å². The van der Waals surface area contributed by atoms with E-state index in [-0.39, 0.29) is 0 Å². The highest BCUT2D eigenvalue weighted by molar-refractivity contribution is 6.29. The normalized spacial score (nSPS) is 10.3. The number of hydrogen-bond acceptors (Lipinski definition) is 2. The van der Waals surface area contributed by atoms with Crippen molar-refractivity contribution in [3.8, 4) is 0 Å². The van der Waals surface area contributed by atoms with Gasteiger partial charge in [0, 0.05) is 17.6 Å². The summed E-state index contributed by atoms with van der Waals surface area (Å²) in [5, 5.41) is 3.80. The number of nitrogens with one attached hydrogen (secondary N) is 1. The van der Waals surface area contributed by atoms with Crippen LogP contribution in [0.2, 0.25) is 5.15 Å². The number of unbranched alkanes of at least 4 members (excludes halogenated alkanes) is 1. The van der Waals surface area contributed by atoms with Crippen LogP contribution in [0.5, 0.6) is 0 Å². The lowest BCUT2D eigenvalue weighted by atomic mass is 10.1. The van der Waals surface area contributed by atoms with Crippen molar-refractivity contribution in [2.24, 2.45) is 0 Å². The van der Waals surface area contributed by atoms with E-state index in [1.54, 1.807) is 6.20 Å². The fourth-order valence-electron chi connectivity index (χ4n) is 1.78. The fraction of sp³-hybridized carbons (Fsp3) is 0.267. The zero-order valence-corrected chi connectivity index (χ0v) is 11.2. The molecule has 0 unspecified atom stereocenters. The van der Waals surface area contributed by atoms with Crippen molar-refractivity contribution in [1.82, 2.24) is 4.98 Å². The summed E-state index contributed by atoms with van der Waals surface area (Å²) in [4.78, 5) is 3.95. The SMILES string of the molecule is CCCCc1ccc(Nc2ccnc(Cl)c2)cc1. The van der Waals surface area contributed by atoms with Gasteiger partial charge in [-0.15, -0.1) is 0 Å². The molecule has 0 saturated heterocycles. The Bertz CT molecular complexity index is 494. The molecule has 0 atom stereocenters. The molecule has 2 nitrogen and oxygen atoms in total. The molecule has 0 aliphatic carbocycles. The topological polar surface area (TPSA) is 24.9 Å². The summed E-state index contributed by atoms with van der Waals surface area (Å²) >= 11 is 5.84. The van der Waals surface area contributed by atoms with Gasteiger partial charge >= 0.3 is 0 Å². The smallest absolute Gasteiger partial charge is 0.131 e. The number of nitrogens with zero attached hydrogens (tertiary/aromatic N) is 1. The first-order valence-electron chi connectivity index (χ1n) is 6.25. The molecule has 1 N–H and O–H groups in total. The third-order valence-corrected chi connectivity index (χ3v) is 2.99. The van der Waals surface area contributed by atoms with Crippen LogP contribution in [0.25, 0.3) is 0 Å². The third kappa shape index (κ3) is 3.74. The largest absolute Gasteiger partial charge is 0.355 e. The van der Waals surface area contributed by atoms with Crippen molar-refractivity contribution in [3.63, 3.8) is 0 Å². The molecule has 1 aromatic carbocycles. The van der Waals surface area contributed by atoms with Crippen LogP contribution >= 0.6 is 11.6 Å². The standard InChI is InChI=1S/C15H17ClN2/c1-2-3-4-12-5-7-13(8-6-12)18-14-9-10-17-15(16)11-14/h5-11H,2-4H2,1H3,(H,17,18). The Morgan fingerprint density at radius 1 is 1.11 bits per heavy atom. The summed E-state index contributed by atoms with van der Waals surface area (Å²) in [6.07, 6.45) is 5.32. The molecule has 1 aromatic heterocycles. The molecule has 0 aliphatic heterocycles. The number of pyridine rings is 1. The molecule has 0 saturated carbocycles. The maximum absolute atomic E-state index is 5.84. The van der Waals surface area contributed by atoms with Gasteiger partial charge in [0.1, 0.15) is 5.15 Å². The van der Waals surface area contributed by atoms with E-state index in [1.807, 2.05) is 12.1 Å². The molecule has 18 heavy (non-hydrogen) atoms. The van der Waals surface area contributed by atoms with Crippen LogP contribution in [0.4, 0.5) is 11.4 Å². The van der Waals surface area contributed by atoms with E-state index >= 15 is 0 Å². The molecule has 2 rings (SSSR count). The summed E-state index contributed by atoms with van der Waals surface area (Å²) < 4.78 is 0. The Balaban J connectivity index is 2.02. The highest BCUT2D eigenvalue weighted by Gasteiger charge is 1.97. The average Bonchev–Trinajstić information content (AvgIpc) is 2.38. The molecular formula is C15H17ClN2. The van der Waals surface area contributed by atoms with Crippen molar-refractivity contribution in [2.75, 3.05) is 5.32 Å². The number of anilines is 2. The summed E-state index contributed by atoms with van der Waals surface area (Å²) in [7, 11) is 0. The summed E-state index contributed by atoms with van der Waals surface area (Å²) in [6.45, 7) is 2.21. The molecule has 0 bridgehead atoms. The zero-order chi connectivity index (χ0) is 12.8. The van der Waals surface area contributed by atoms with E-state index in [9.17, 15) is 0 Å². The maximum atomic E-state index is 5.84. The van der Waals surface area contributed by atoms with Gasteiger partial charge in [0.15, 0.2) is 0 Å². The van der Waals surface area contributed by atoms with Crippen molar-refractivity contribution in [2.45, 2.75) is 26.2 Å². The molecular weight excluding hydrogens is 244 g/mol. The lowest BCUT2D eigenvalue weighted by Crippen LogP contribution is -1.91. The number of hydrogen-bond donors (Lipinski definition) is 1. The van der Waals surface area contributed by atoms with Crippen LogP contribution in [-0.4, -0.2) is 4.98 Å². The van der Waals surface area contributed by atoms with Crippen molar-refractivity contribution in [1.29, 1.82) is 0 Å². The molecule has 0 amide bonds. The van der Waals surface area contributed by atoms with E-state index in [1.165, 1.54) is 18.4 Å². The second-order valence-corrected chi connectivity index (χ2v) is 4.68. The number of rotatable bonds is 5. The Kier molecular flexibility index (Phi) is 4.59. The summed E-state index contributed by atoms with van der Waals surface area (Å²) in [5.41, 5.74) is 3.41. The Labute approximate surface area is 113 Å². The van der Waals surface area contributed by atoms with Gasteiger partial charge in [0.05, 0.1) is 0 Å². The monoisotopic (exact) mass is 260 g/mol. The maximum Gasteiger partial charge on any atom is 0.131 e. The minimum atomic E-state index is 0.500. The van der Waals surface area contributed by atoms with E-state index in [0.717, 1.165) is 17.8 Å². The number of aromatic nitrogens is 1. The van der Waals surface area contributed by atoms with E-state index in [2.05, 4.69) is 41.5 Å². The van der Waals surface area contributed by atoms with Gasteiger partial charge in [-0.25, -0.2) is 4.98 Å². The highest BCUT2D eigenvalue weighted by atomic mass is 35.5. The number of benzene rings is 1. The lowest BCUT2D eigenvalue weighted by Gasteiger charge is -2.07. The fourth-order valence-corrected chi connectivity index (χ4v) is 1.96. The number of aryl methyl sites for hydroxylation is 1. The van der Waals surface area contributed by atoms with Crippen LogP contribution in [0.15, 0.2) is 42.6 Å². The molecule has 2 aromatic rings. The molecule has 0 radical (unpaired) electrons. The Morgan fingerprint density at radius 2 is 1.89 bits per heavy atom. The van der Waals surface area contributed by atoms with Crippen LogP contribution < -0.4 is 5.32 Å². The molecule has 1 heterocycles. The van der Waals surface area contributed by atoms with Gasteiger partial charge in [0.25, 0.3) is 0 Å². The van der Waals surface area contributed by atoms with Crippen LogP contribution in [0, 0.1) is 0 Å². The summed E-state index contributed by atoms with van der Waals surface area (Å²) in [5.74, 6) is 0. The molecule has 0 spiro atoms. The first-order chi connectivity index (χ1) is 8.78. The molecule has 3 heteroatoms. The van der Waals surface area contributed by atoms with Gasteiger partial charge in [-0.2, -0.15) is 0 Å². The second kappa shape index (κ2) is 6.41. The van der Waals surface area contributed by atoms with Gasteiger partial charge in [0.2, 0.25) is 0 Å². The third-order valence-electron chi connectivity index (χ3n) is 2.79. The number of halogens is 1. The molecule has 94 valence electrons. The highest BCUT2D eigenvalue weighted by Crippen LogP contribution is 2.19. The van der Waals surface area contributed by atoms with Crippen LogP contribution in [-0.2, 0) is 6.42 Å². The van der Waals surface area contributed by atoms with Crippen molar-refractivity contribution in [3.05, 3.63) is 53.3 Å². The Morgan fingerprint density at radius 3 is 2.56 bits per heavy atom. The van der Waals surface area contributed by atoms with E-state index in [0.29, 0.717) is 5.15 Å². The van der Waals surface area contributed by atoms with Gasteiger partial charge in [-0.1, -0.05) is 37.1 Å². The molecule has 0 fully saturated rings. The van der Waals surface area contributed by atoms with Crippen LogP contribution in [0.1, 0.15) is 25.3 Å². The van der Waals surface area contributed by atoms with Crippen molar-refractivity contribution >= 4 is 23.0 Å². The van der Waals surface area contributed by atoms with E-state index in [4.69, 9.17) is 11.6 Å². The van der Waals surface area contributed by atoms with Gasteiger partial charge in [-0.05, 0) is 42.7 Å². The van der Waals surface area contributed by atoms with E-state index < -0.39 is 0 Å². The Hall–Kier alpha value is -1.54.